The van der Waals surface area contributed by atoms with Crippen LogP contribution in [0.3, 0.4) is 0 Å². The minimum atomic E-state index is 0.181. The van der Waals surface area contributed by atoms with Crippen molar-refractivity contribution in [1.29, 1.82) is 0 Å². The molecule has 0 aromatic carbocycles. The first-order valence-electron chi connectivity index (χ1n) is 5.05. The Bertz CT molecular complexity index is 272. The van der Waals surface area contributed by atoms with E-state index in [4.69, 9.17) is 5.73 Å². The Kier molecular flexibility index (Phi) is 2.65. The highest BCUT2D eigenvalue weighted by Crippen LogP contribution is 2.30. The molecule has 0 unspecified atom stereocenters. The first-order valence-corrected chi connectivity index (χ1v) is 5.87. The lowest BCUT2D eigenvalue weighted by Gasteiger charge is -2.05. The summed E-state index contributed by atoms with van der Waals surface area (Å²) in [5, 5.41) is 1.16. The van der Waals surface area contributed by atoms with E-state index in [0.717, 1.165) is 17.8 Å². The van der Waals surface area contributed by atoms with Crippen molar-refractivity contribution >= 4 is 11.3 Å². The van der Waals surface area contributed by atoms with Gasteiger partial charge in [0.25, 0.3) is 0 Å². The largest absolute Gasteiger partial charge is 0.322 e. The number of aromatic nitrogens is 1. The summed E-state index contributed by atoms with van der Waals surface area (Å²) in [5.74, 6) is 0. The van der Waals surface area contributed by atoms with Gasteiger partial charge in [0.2, 0.25) is 0 Å². The summed E-state index contributed by atoms with van der Waals surface area (Å²) < 4.78 is 0. The van der Waals surface area contributed by atoms with Gasteiger partial charge in [-0.25, -0.2) is 4.98 Å². The number of rotatable bonds is 3. The monoisotopic (exact) mass is 196 g/mol. The fourth-order valence-electron chi connectivity index (χ4n) is 1.80. The van der Waals surface area contributed by atoms with Crippen LogP contribution >= 0.6 is 11.3 Å². The first-order chi connectivity index (χ1) is 6.31. The fourth-order valence-corrected chi connectivity index (χ4v) is 2.99. The Balaban J connectivity index is 2.13. The molecule has 0 spiro atoms. The molecule has 2 N–H and O–H groups in total. The number of hydrogen-bond acceptors (Lipinski definition) is 3. The average Bonchev–Trinajstić information content (AvgIpc) is 2.61. The standard InChI is InChI=1S/C10H16N2S/c1-2-4-7(11)10-12-8-5-3-6-9(8)13-10/h7H,2-6,11H2,1H3/t7-/m1/s1. The molecule has 1 aromatic rings. The van der Waals surface area contributed by atoms with Crippen LogP contribution in [0.1, 0.15) is 47.8 Å². The number of fused-ring (bicyclic) bond motifs is 1. The maximum absolute atomic E-state index is 6.01. The van der Waals surface area contributed by atoms with Crippen molar-refractivity contribution in [3.05, 3.63) is 15.6 Å². The molecule has 1 aromatic heterocycles. The number of nitrogens with two attached hydrogens (primary N) is 1. The van der Waals surface area contributed by atoms with Gasteiger partial charge in [-0.2, -0.15) is 0 Å². The van der Waals surface area contributed by atoms with Crippen molar-refractivity contribution in [2.75, 3.05) is 0 Å². The van der Waals surface area contributed by atoms with Crippen molar-refractivity contribution in [3.63, 3.8) is 0 Å². The lowest BCUT2D eigenvalue weighted by Crippen LogP contribution is -2.09. The molecule has 1 heterocycles. The molecule has 1 aliphatic carbocycles. The number of nitrogens with zero attached hydrogens (tertiary/aromatic N) is 1. The minimum Gasteiger partial charge on any atom is -0.322 e. The lowest BCUT2D eigenvalue weighted by molar-refractivity contribution is 0.632. The van der Waals surface area contributed by atoms with Gasteiger partial charge in [-0.05, 0) is 25.7 Å². The molecule has 1 aliphatic rings. The fraction of sp³-hybridized carbons (Fsp3) is 0.700. The van der Waals surface area contributed by atoms with Gasteiger partial charge in [-0.1, -0.05) is 13.3 Å². The molecule has 0 bridgehead atoms. The molecule has 0 amide bonds. The highest BCUT2D eigenvalue weighted by molar-refractivity contribution is 7.11. The summed E-state index contributed by atoms with van der Waals surface area (Å²) in [6.45, 7) is 2.17. The van der Waals surface area contributed by atoms with Gasteiger partial charge in [-0.3, -0.25) is 0 Å². The maximum Gasteiger partial charge on any atom is 0.110 e. The summed E-state index contributed by atoms with van der Waals surface area (Å²) in [6, 6.07) is 0.181. The number of thiazole rings is 1. The molecular weight excluding hydrogens is 180 g/mol. The predicted molar refractivity (Wildman–Crippen MR) is 56.0 cm³/mol. The zero-order chi connectivity index (χ0) is 9.26. The van der Waals surface area contributed by atoms with Crippen LogP contribution in [0.25, 0.3) is 0 Å². The van der Waals surface area contributed by atoms with Crippen LogP contribution in [0.2, 0.25) is 0 Å². The lowest BCUT2D eigenvalue weighted by atomic mass is 10.2. The van der Waals surface area contributed by atoms with Crippen LogP contribution in [0.4, 0.5) is 0 Å². The van der Waals surface area contributed by atoms with E-state index in [1.54, 1.807) is 0 Å². The van der Waals surface area contributed by atoms with E-state index in [0.29, 0.717) is 0 Å². The molecule has 2 rings (SSSR count). The molecule has 3 heteroatoms. The SMILES string of the molecule is CCC[C@@H](N)c1nc2c(s1)CCC2. The highest BCUT2D eigenvalue weighted by atomic mass is 32.1. The normalized spacial score (nSPS) is 17.4. The molecular formula is C10H16N2S. The summed E-state index contributed by atoms with van der Waals surface area (Å²) in [4.78, 5) is 6.09. The summed E-state index contributed by atoms with van der Waals surface area (Å²) in [5.41, 5.74) is 7.34. The smallest absolute Gasteiger partial charge is 0.110 e. The number of aryl methyl sites for hydroxylation is 2. The van der Waals surface area contributed by atoms with Crippen molar-refractivity contribution in [2.45, 2.75) is 45.1 Å². The third-order valence-corrected chi connectivity index (χ3v) is 3.82. The van der Waals surface area contributed by atoms with E-state index in [2.05, 4.69) is 11.9 Å². The molecule has 13 heavy (non-hydrogen) atoms. The molecule has 1 atom stereocenters. The zero-order valence-electron chi connectivity index (χ0n) is 8.05. The topological polar surface area (TPSA) is 38.9 Å². The van der Waals surface area contributed by atoms with Crippen LogP contribution < -0.4 is 5.73 Å². The molecule has 0 aliphatic heterocycles. The Hall–Kier alpha value is -0.410. The Morgan fingerprint density at radius 3 is 3.08 bits per heavy atom. The zero-order valence-corrected chi connectivity index (χ0v) is 8.86. The summed E-state index contributed by atoms with van der Waals surface area (Å²) in [6.07, 6.45) is 5.89. The van der Waals surface area contributed by atoms with E-state index in [9.17, 15) is 0 Å². The van der Waals surface area contributed by atoms with E-state index in [1.807, 2.05) is 11.3 Å². The van der Waals surface area contributed by atoms with Gasteiger partial charge in [-0.15, -0.1) is 11.3 Å². The third-order valence-electron chi connectivity index (χ3n) is 2.53. The Morgan fingerprint density at radius 1 is 1.54 bits per heavy atom. The molecule has 0 saturated heterocycles. The summed E-state index contributed by atoms with van der Waals surface area (Å²) in [7, 11) is 0. The van der Waals surface area contributed by atoms with Crippen LogP contribution in [0.15, 0.2) is 0 Å². The first kappa shape index (κ1) is 9.16. The van der Waals surface area contributed by atoms with Gasteiger partial charge < -0.3 is 5.73 Å². The van der Waals surface area contributed by atoms with Gasteiger partial charge in [0.05, 0.1) is 11.7 Å². The van der Waals surface area contributed by atoms with E-state index < -0.39 is 0 Å². The Labute approximate surface area is 83.2 Å². The number of hydrogen-bond donors (Lipinski definition) is 1. The molecule has 0 radical (unpaired) electrons. The molecule has 2 nitrogen and oxygen atoms in total. The maximum atomic E-state index is 6.01. The van der Waals surface area contributed by atoms with Crippen molar-refractivity contribution < 1.29 is 0 Å². The van der Waals surface area contributed by atoms with Crippen LogP contribution in [0, 0.1) is 0 Å². The van der Waals surface area contributed by atoms with Gasteiger partial charge in [0.1, 0.15) is 5.01 Å². The van der Waals surface area contributed by atoms with Crippen LogP contribution in [0.5, 0.6) is 0 Å². The van der Waals surface area contributed by atoms with Crippen LogP contribution in [-0.4, -0.2) is 4.98 Å². The molecule has 0 fully saturated rings. The van der Waals surface area contributed by atoms with Crippen molar-refractivity contribution in [1.82, 2.24) is 4.98 Å². The quantitative estimate of drug-likeness (QED) is 0.806. The second kappa shape index (κ2) is 3.76. The second-order valence-corrected chi connectivity index (χ2v) is 4.79. The highest BCUT2D eigenvalue weighted by Gasteiger charge is 2.19. The Morgan fingerprint density at radius 2 is 2.38 bits per heavy atom. The predicted octanol–water partition coefficient (Wildman–Crippen LogP) is 2.43. The van der Waals surface area contributed by atoms with Crippen molar-refractivity contribution in [2.24, 2.45) is 5.73 Å². The van der Waals surface area contributed by atoms with E-state index >= 15 is 0 Å². The third kappa shape index (κ3) is 1.76. The van der Waals surface area contributed by atoms with E-state index in [-0.39, 0.29) is 6.04 Å². The molecule has 0 saturated carbocycles. The summed E-state index contributed by atoms with van der Waals surface area (Å²) >= 11 is 1.83. The average molecular weight is 196 g/mol. The van der Waals surface area contributed by atoms with Gasteiger partial charge in [0, 0.05) is 4.88 Å². The van der Waals surface area contributed by atoms with E-state index in [1.165, 1.54) is 29.8 Å². The van der Waals surface area contributed by atoms with Crippen LogP contribution in [-0.2, 0) is 12.8 Å². The van der Waals surface area contributed by atoms with Gasteiger partial charge in [0.15, 0.2) is 0 Å². The minimum absolute atomic E-state index is 0.181. The second-order valence-electron chi connectivity index (χ2n) is 3.67. The van der Waals surface area contributed by atoms with Crippen molar-refractivity contribution in [3.8, 4) is 0 Å². The van der Waals surface area contributed by atoms with Gasteiger partial charge >= 0.3 is 0 Å². The molecule has 72 valence electrons.